The number of nitrogens with one attached hydrogen (secondary N) is 1. The quantitative estimate of drug-likeness (QED) is 0.470. The largest absolute Gasteiger partial charge is 0.352 e. The van der Waals surface area contributed by atoms with Crippen LogP contribution in [0.2, 0.25) is 0 Å². The summed E-state index contributed by atoms with van der Waals surface area (Å²) in [7, 11) is 0. The Kier molecular flexibility index (Phi) is 5.28. The van der Waals surface area contributed by atoms with Crippen molar-refractivity contribution in [1.82, 2.24) is 19.9 Å². The second-order valence-electron chi connectivity index (χ2n) is 6.59. The summed E-state index contributed by atoms with van der Waals surface area (Å²) < 4.78 is 2.69. The van der Waals surface area contributed by atoms with Gasteiger partial charge in [-0.05, 0) is 41.9 Å². The summed E-state index contributed by atoms with van der Waals surface area (Å²) in [5, 5.41) is 7.64. The van der Waals surface area contributed by atoms with E-state index in [1.165, 1.54) is 10.4 Å². The Balaban J connectivity index is 1.45. The average Bonchev–Trinajstić information content (AvgIpc) is 3.22. The Morgan fingerprint density at radius 3 is 2.61 bits per heavy atom. The Bertz CT molecular complexity index is 1150. The molecule has 4 aromatic rings. The van der Waals surface area contributed by atoms with Gasteiger partial charge in [0.05, 0.1) is 11.3 Å². The zero-order valence-electron chi connectivity index (χ0n) is 15.6. The van der Waals surface area contributed by atoms with Gasteiger partial charge in [0.1, 0.15) is 0 Å². The van der Waals surface area contributed by atoms with Crippen LogP contribution in [-0.4, -0.2) is 27.0 Å². The lowest BCUT2D eigenvalue weighted by molar-refractivity contribution is 0.0953. The first-order valence-electron chi connectivity index (χ1n) is 8.98. The zero-order valence-corrected chi connectivity index (χ0v) is 18.0. The molecule has 4 rings (SSSR count). The average molecular weight is 455 g/mol. The van der Waals surface area contributed by atoms with Crippen molar-refractivity contribution >= 4 is 38.1 Å². The first kappa shape index (κ1) is 18.8. The zero-order chi connectivity index (χ0) is 19.7. The van der Waals surface area contributed by atoms with Gasteiger partial charge in [-0.25, -0.2) is 4.52 Å². The lowest BCUT2D eigenvalue weighted by Gasteiger charge is -2.06. The van der Waals surface area contributed by atoms with Gasteiger partial charge < -0.3 is 5.32 Å². The maximum Gasteiger partial charge on any atom is 0.252 e. The van der Waals surface area contributed by atoms with E-state index in [2.05, 4.69) is 50.4 Å². The molecule has 2 aromatic carbocycles. The van der Waals surface area contributed by atoms with Gasteiger partial charge in [-0.15, -0.1) is 5.10 Å². The molecule has 0 aliphatic rings. The van der Waals surface area contributed by atoms with Crippen LogP contribution in [0.4, 0.5) is 0 Å². The lowest BCUT2D eigenvalue weighted by atomic mass is 10.1. The van der Waals surface area contributed by atoms with Gasteiger partial charge in [-0.3, -0.25) is 4.79 Å². The number of carbonyl (C=O) groups is 1. The van der Waals surface area contributed by atoms with Crippen LogP contribution < -0.4 is 5.32 Å². The molecule has 0 aliphatic carbocycles. The molecule has 1 amide bonds. The number of amides is 1. The highest BCUT2D eigenvalue weighted by atomic mass is 79.9. The molecule has 0 spiro atoms. The van der Waals surface area contributed by atoms with Crippen LogP contribution in [0.5, 0.6) is 0 Å². The van der Waals surface area contributed by atoms with E-state index in [1.807, 2.05) is 41.8 Å². The number of aryl methyl sites for hydroxylation is 2. The molecular weight excluding hydrogens is 436 g/mol. The molecule has 0 saturated heterocycles. The summed E-state index contributed by atoms with van der Waals surface area (Å²) in [6.45, 7) is 4.67. The maximum atomic E-state index is 12.3. The van der Waals surface area contributed by atoms with Crippen molar-refractivity contribution in [3.05, 3.63) is 74.7 Å². The highest BCUT2D eigenvalue weighted by molar-refractivity contribution is 9.10. The molecule has 2 aromatic heterocycles. The number of hydrogen-bond acceptors (Lipinski definition) is 4. The fourth-order valence-electron chi connectivity index (χ4n) is 2.97. The molecule has 142 valence electrons. The monoisotopic (exact) mass is 454 g/mol. The second-order valence-corrected chi connectivity index (χ2v) is 8.51. The number of rotatable bonds is 5. The van der Waals surface area contributed by atoms with E-state index in [0.717, 1.165) is 32.9 Å². The number of benzene rings is 2. The molecule has 0 saturated carbocycles. The molecule has 2 heterocycles. The highest BCUT2D eigenvalue weighted by Crippen LogP contribution is 2.25. The van der Waals surface area contributed by atoms with Crippen LogP contribution in [0.1, 0.15) is 26.5 Å². The predicted octanol–water partition coefficient (Wildman–Crippen LogP) is 4.81. The minimum atomic E-state index is -0.0776. The van der Waals surface area contributed by atoms with Gasteiger partial charge >= 0.3 is 0 Å². The number of carbonyl (C=O) groups excluding carboxylic acids is 1. The van der Waals surface area contributed by atoms with Crippen molar-refractivity contribution in [3.63, 3.8) is 0 Å². The normalized spacial score (nSPS) is 11.1. The van der Waals surface area contributed by atoms with E-state index in [4.69, 9.17) is 0 Å². The fraction of sp³-hybridized carbons (Fsp3) is 0.190. The molecule has 0 bridgehead atoms. The summed E-state index contributed by atoms with van der Waals surface area (Å²) >= 11 is 5.04. The molecule has 0 radical (unpaired) electrons. The maximum absolute atomic E-state index is 12.3. The highest BCUT2D eigenvalue weighted by Gasteiger charge is 2.15. The van der Waals surface area contributed by atoms with Gasteiger partial charge in [0.25, 0.3) is 5.91 Å². The number of fused-ring (bicyclic) bond motifs is 1. The third kappa shape index (κ3) is 3.72. The Hall–Kier alpha value is -2.51. The smallest absolute Gasteiger partial charge is 0.252 e. The topological polar surface area (TPSA) is 59.3 Å². The Morgan fingerprint density at radius 2 is 1.89 bits per heavy atom. The third-order valence-corrected chi connectivity index (χ3v) is 6.46. The molecular formula is C21H19BrN4OS. The Labute approximate surface area is 175 Å². The SMILES string of the molecule is Cc1ccc(-c2nc3sc(CCNC(=O)c4ccccc4Br)c(C)n3n2)cc1. The van der Waals surface area contributed by atoms with Crippen molar-refractivity contribution in [2.75, 3.05) is 6.54 Å². The van der Waals surface area contributed by atoms with Gasteiger partial charge in [0, 0.05) is 27.9 Å². The predicted molar refractivity (Wildman–Crippen MR) is 116 cm³/mol. The first-order valence-corrected chi connectivity index (χ1v) is 10.6. The van der Waals surface area contributed by atoms with Crippen LogP contribution in [-0.2, 0) is 6.42 Å². The summed E-state index contributed by atoms with van der Waals surface area (Å²) in [5.41, 5.74) is 3.95. The molecule has 1 N–H and O–H groups in total. The van der Waals surface area contributed by atoms with Crippen molar-refractivity contribution in [1.29, 1.82) is 0 Å². The van der Waals surface area contributed by atoms with E-state index in [0.29, 0.717) is 12.1 Å². The summed E-state index contributed by atoms with van der Waals surface area (Å²) in [6.07, 6.45) is 0.748. The van der Waals surface area contributed by atoms with Gasteiger partial charge in [0.2, 0.25) is 4.96 Å². The Morgan fingerprint density at radius 1 is 1.14 bits per heavy atom. The van der Waals surface area contributed by atoms with Crippen molar-refractivity contribution in [2.45, 2.75) is 20.3 Å². The van der Waals surface area contributed by atoms with Crippen molar-refractivity contribution < 1.29 is 4.79 Å². The van der Waals surface area contributed by atoms with Gasteiger partial charge in [0.15, 0.2) is 5.82 Å². The molecule has 0 aliphatic heterocycles. The number of aromatic nitrogens is 3. The van der Waals surface area contributed by atoms with E-state index in [-0.39, 0.29) is 5.91 Å². The minimum Gasteiger partial charge on any atom is -0.352 e. The summed E-state index contributed by atoms with van der Waals surface area (Å²) in [6, 6.07) is 15.6. The van der Waals surface area contributed by atoms with Crippen molar-refractivity contribution in [2.24, 2.45) is 0 Å². The van der Waals surface area contributed by atoms with Crippen LogP contribution in [0.3, 0.4) is 0 Å². The van der Waals surface area contributed by atoms with E-state index < -0.39 is 0 Å². The summed E-state index contributed by atoms with van der Waals surface area (Å²) in [5.74, 6) is 0.661. The first-order chi connectivity index (χ1) is 13.5. The molecule has 0 unspecified atom stereocenters. The van der Waals surface area contributed by atoms with E-state index >= 15 is 0 Å². The third-order valence-electron chi connectivity index (χ3n) is 4.58. The molecule has 0 atom stereocenters. The lowest BCUT2D eigenvalue weighted by Crippen LogP contribution is -2.26. The molecule has 7 heteroatoms. The molecule has 0 fully saturated rings. The van der Waals surface area contributed by atoms with Crippen LogP contribution in [0, 0.1) is 13.8 Å². The van der Waals surface area contributed by atoms with E-state index in [1.54, 1.807) is 17.4 Å². The minimum absolute atomic E-state index is 0.0776. The second kappa shape index (κ2) is 7.85. The summed E-state index contributed by atoms with van der Waals surface area (Å²) in [4.78, 5) is 19.0. The number of thiazole rings is 1. The number of halogens is 1. The fourth-order valence-corrected chi connectivity index (χ4v) is 4.49. The van der Waals surface area contributed by atoms with Gasteiger partial charge in [-0.1, -0.05) is 53.3 Å². The van der Waals surface area contributed by atoms with Crippen LogP contribution in [0.15, 0.2) is 53.0 Å². The molecule has 28 heavy (non-hydrogen) atoms. The van der Waals surface area contributed by atoms with E-state index in [9.17, 15) is 4.79 Å². The number of hydrogen-bond donors (Lipinski definition) is 1. The number of nitrogens with zero attached hydrogens (tertiary/aromatic N) is 3. The van der Waals surface area contributed by atoms with Crippen molar-refractivity contribution in [3.8, 4) is 11.4 Å². The van der Waals surface area contributed by atoms with Gasteiger partial charge in [-0.2, -0.15) is 4.98 Å². The van der Waals surface area contributed by atoms with Crippen LogP contribution in [0.25, 0.3) is 16.3 Å². The van der Waals surface area contributed by atoms with Crippen LogP contribution >= 0.6 is 27.3 Å². The standard InChI is InChI=1S/C21H19BrN4OS/c1-13-7-9-15(10-8-13)19-24-21-26(25-19)14(2)18(28-21)11-12-23-20(27)16-5-3-4-6-17(16)22/h3-10H,11-12H2,1-2H3,(H,23,27). The molecule has 5 nitrogen and oxygen atoms in total.